The minimum absolute atomic E-state index is 0.616. The number of hydrogen-bond donors (Lipinski definition) is 11. The van der Waals surface area contributed by atoms with Gasteiger partial charge in [0, 0.05) is 0 Å². The van der Waals surface area contributed by atoms with E-state index in [1.165, 1.54) is 0 Å². The van der Waals surface area contributed by atoms with Crippen molar-refractivity contribution >= 4 is 0 Å². The summed E-state index contributed by atoms with van der Waals surface area (Å²) in [7, 11) is 0. The van der Waals surface area contributed by atoms with Gasteiger partial charge < -0.3 is 79.9 Å². The lowest BCUT2D eigenvalue weighted by atomic mass is 9.97. The van der Waals surface area contributed by atoms with E-state index < -0.39 is 112 Å². The molecule has 0 amide bonds. The molecule has 3 heterocycles. The van der Waals surface area contributed by atoms with Crippen LogP contribution >= 0.6 is 0 Å². The van der Waals surface area contributed by atoms with Gasteiger partial charge in [0.2, 0.25) is 0 Å². The van der Waals surface area contributed by atoms with E-state index in [1.54, 1.807) is 0 Å². The zero-order valence-corrected chi connectivity index (χ0v) is 17.7. The van der Waals surface area contributed by atoms with Crippen molar-refractivity contribution in [2.75, 3.05) is 19.8 Å². The molecule has 0 aromatic carbocycles. The molecule has 200 valence electrons. The van der Waals surface area contributed by atoms with Gasteiger partial charge in [-0.1, -0.05) is 0 Å². The van der Waals surface area contributed by atoms with Crippen LogP contribution in [-0.2, 0) is 23.7 Å². The molecule has 15 atom stereocenters. The third kappa shape index (κ3) is 5.52. The minimum atomic E-state index is -1.88. The minimum Gasteiger partial charge on any atom is -0.394 e. The molecule has 0 aromatic heterocycles. The molecule has 11 N–H and O–H groups in total. The van der Waals surface area contributed by atoms with Gasteiger partial charge in [0.05, 0.1) is 19.8 Å². The zero-order chi connectivity index (χ0) is 25.3. The molecule has 0 bridgehead atoms. The van der Waals surface area contributed by atoms with Crippen molar-refractivity contribution < 1.29 is 79.9 Å². The summed E-state index contributed by atoms with van der Waals surface area (Å²) in [5.41, 5.74) is 0. The van der Waals surface area contributed by atoms with Crippen molar-refractivity contribution in [3.63, 3.8) is 0 Å². The molecule has 16 nitrogen and oxygen atoms in total. The Hall–Kier alpha value is -0.640. The lowest BCUT2D eigenvalue weighted by molar-refractivity contribution is -0.367. The van der Waals surface area contributed by atoms with Gasteiger partial charge >= 0.3 is 0 Å². The maximum Gasteiger partial charge on any atom is 0.187 e. The van der Waals surface area contributed by atoms with Gasteiger partial charge in [-0.15, -0.1) is 0 Å². The second kappa shape index (κ2) is 11.6. The number of ether oxygens (including phenoxy) is 5. The van der Waals surface area contributed by atoms with Crippen molar-refractivity contribution in [1.82, 2.24) is 0 Å². The van der Waals surface area contributed by atoms with Gasteiger partial charge in [-0.2, -0.15) is 0 Å². The van der Waals surface area contributed by atoms with Gasteiger partial charge in [-0.3, -0.25) is 0 Å². The Morgan fingerprint density at radius 1 is 0.500 bits per heavy atom. The van der Waals surface area contributed by atoms with E-state index in [0.29, 0.717) is 0 Å². The van der Waals surface area contributed by atoms with Gasteiger partial charge in [0.25, 0.3) is 0 Å². The molecule has 0 radical (unpaired) electrons. The molecule has 16 heteroatoms. The summed E-state index contributed by atoms with van der Waals surface area (Å²) in [6, 6.07) is 0. The lowest BCUT2D eigenvalue weighted by Gasteiger charge is -2.45. The van der Waals surface area contributed by atoms with E-state index in [0.717, 1.165) is 0 Å². The van der Waals surface area contributed by atoms with Crippen LogP contribution in [0.25, 0.3) is 0 Å². The van der Waals surface area contributed by atoms with Crippen LogP contribution in [0.1, 0.15) is 0 Å². The third-order valence-electron chi connectivity index (χ3n) is 6.08. The van der Waals surface area contributed by atoms with Crippen LogP contribution < -0.4 is 0 Å². The zero-order valence-electron chi connectivity index (χ0n) is 17.7. The molecule has 0 aliphatic carbocycles. The average Bonchev–Trinajstić information content (AvgIpc) is 2.82. The highest BCUT2D eigenvalue weighted by atomic mass is 16.7. The van der Waals surface area contributed by atoms with E-state index >= 15 is 0 Å². The summed E-state index contributed by atoms with van der Waals surface area (Å²) >= 11 is 0. The molecule has 3 aliphatic rings. The Balaban J connectivity index is 1.64. The van der Waals surface area contributed by atoms with Gasteiger partial charge in [0.1, 0.15) is 73.2 Å². The van der Waals surface area contributed by atoms with Crippen molar-refractivity contribution in [3.8, 4) is 0 Å². The molecule has 0 aromatic rings. The SMILES string of the molecule is OC[C@H]1O[C@H](OC[C@H]2O[C@@H](O[C@@H]3[C@@H](O)[C@H](O)[C@@H](CO)O[C@H]3O)[C@H](O)[C@@H](O)[C@@H]2O)[C@H](O)[C@@H](O)[C@@H]1O. The standard InChI is InChI=1S/C18H32O16/c19-1-4-8(22)12(26)15(16(29)31-4)34-18-14(28)11(25)9(23)6(33-18)3-30-17-13(27)10(24)7(21)5(2-20)32-17/h4-29H,1-3H2/t4-,5-,6-,7-,8-,9-,10+,11+,12+,13-,14-,15-,16-,17+,18+/m1/s1. The largest absolute Gasteiger partial charge is 0.394 e. The quantitative estimate of drug-likeness (QED) is 0.154. The number of hydrogen-bond acceptors (Lipinski definition) is 16. The number of aliphatic hydroxyl groups is 11. The summed E-state index contributed by atoms with van der Waals surface area (Å²) in [4.78, 5) is 0. The van der Waals surface area contributed by atoms with Crippen molar-refractivity contribution in [3.05, 3.63) is 0 Å². The molecule has 0 unspecified atom stereocenters. The average molecular weight is 504 g/mol. The van der Waals surface area contributed by atoms with Crippen LogP contribution in [0.15, 0.2) is 0 Å². The summed E-state index contributed by atoms with van der Waals surface area (Å²) in [6.07, 6.45) is -25.0. The van der Waals surface area contributed by atoms with Crippen LogP contribution in [0.3, 0.4) is 0 Å². The van der Waals surface area contributed by atoms with Crippen molar-refractivity contribution in [2.45, 2.75) is 92.1 Å². The molecule has 3 aliphatic heterocycles. The molecule has 3 rings (SSSR count). The predicted molar refractivity (Wildman–Crippen MR) is 101 cm³/mol. The molecular weight excluding hydrogens is 472 g/mol. The molecule has 3 saturated heterocycles. The fourth-order valence-corrected chi connectivity index (χ4v) is 3.94. The fraction of sp³-hybridized carbons (Fsp3) is 1.00. The molecule has 3 fully saturated rings. The van der Waals surface area contributed by atoms with Crippen LogP contribution in [-0.4, -0.2) is 168 Å². The fourth-order valence-electron chi connectivity index (χ4n) is 3.94. The first-order chi connectivity index (χ1) is 16.0. The van der Waals surface area contributed by atoms with Crippen LogP contribution in [0.2, 0.25) is 0 Å². The number of rotatable bonds is 7. The van der Waals surface area contributed by atoms with E-state index in [9.17, 15) is 51.1 Å². The van der Waals surface area contributed by atoms with Crippen LogP contribution in [0.4, 0.5) is 0 Å². The van der Waals surface area contributed by atoms with E-state index in [4.69, 9.17) is 28.8 Å². The second-order valence-corrected chi connectivity index (χ2v) is 8.37. The van der Waals surface area contributed by atoms with Gasteiger partial charge in [0.15, 0.2) is 18.9 Å². The Bertz CT molecular complexity index is 639. The maximum absolute atomic E-state index is 10.2. The monoisotopic (exact) mass is 504 g/mol. The first-order valence-corrected chi connectivity index (χ1v) is 10.6. The highest BCUT2D eigenvalue weighted by Crippen LogP contribution is 2.29. The summed E-state index contributed by atoms with van der Waals surface area (Å²) in [5, 5.41) is 109. The van der Waals surface area contributed by atoms with E-state index in [-0.39, 0.29) is 0 Å². The highest BCUT2D eigenvalue weighted by molar-refractivity contribution is 4.94. The van der Waals surface area contributed by atoms with Crippen LogP contribution in [0.5, 0.6) is 0 Å². The topological polar surface area (TPSA) is 269 Å². The maximum atomic E-state index is 10.2. The molecule has 34 heavy (non-hydrogen) atoms. The smallest absolute Gasteiger partial charge is 0.187 e. The highest BCUT2D eigenvalue weighted by Gasteiger charge is 2.51. The van der Waals surface area contributed by atoms with E-state index in [1.807, 2.05) is 0 Å². The summed E-state index contributed by atoms with van der Waals surface area (Å²) in [5.74, 6) is 0. The third-order valence-corrected chi connectivity index (χ3v) is 6.08. The van der Waals surface area contributed by atoms with Gasteiger partial charge in [-0.25, -0.2) is 0 Å². The van der Waals surface area contributed by atoms with Gasteiger partial charge in [-0.05, 0) is 0 Å². The first kappa shape index (κ1) is 27.9. The summed E-state index contributed by atoms with van der Waals surface area (Å²) < 4.78 is 26.1. The normalized spacial score (nSPS) is 52.5. The molecule has 0 spiro atoms. The molecule has 0 saturated carbocycles. The van der Waals surface area contributed by atoms with Crippen LogP contribution in [0, 0.1) is 0 Å². The Labute approximate surface area is 192 Å². The first-order valence-electron chi connectivity index (χ1n) is 10.6. The van der Waals surface area contributed by atoms with Crippen molar-refractivity contribution in [1.29, 1.82) is 0 Å². The number of aliphatic hydroxyl groups excluding tert-OH is 11. The predicted octanol–water partition coefficient (Wildman–Crippen LogP) is -7.57. The Kier molecular flexibility index (Phi) is 9.54. The summed E-state index contributed by atoms with van der Waals surface area (Å²) in [6.45, 7) is -2.03. The second-order valence-electron chi connectivity index (χ2n) is 8.37. The Morgan fingerprint density at radius 3 is 1.56 bits per heavy atom. The lowest BCUT2D eigenvalue weighted by Crippen LogP contribution is -2.64. The Morgan fingerprint density at radius 2 is 0.971 bits per heavy atom. The molecular formula is C18H32O16. The van der Waals surface area contributed by atoms with Crippen molar-refractivity contribution in [2.24, 2.45) is 0 Å². The van der Waals surface area contributed by atoms with E-state index in [2.05, 4.69) is 0 Å².